The number of carbonyl (C=O) groups is 2. The van der Waals surface area contributed by atoms with Crippen molar-refractivity contribution >= 4 is 17.5 Å². The molecule has 1 aliphatic heterocycles. The third-order valence-corrected chi connectivity index (χ3v) is 4.03. The maximum atomic E-state index is 12.3. The zero-order valence-electron chi connectivity index (χ0n) is 12.9. The molecule has 0 spiro atoms. The first-order valence-corrected chi connectivity index (χ1v) is 7.38. The molecule has 2 aromatic rings. The fourth-order valence-electron chi connectivity index (χ4n) is 2.70. The van der Waals surface area contributed by atoms with Gasteiger partial charge < -0.3 is 14.8 Å². The highest BCUT2D eigenvalue weighted by Gasteiger charge is 2.23. The van der Waals surface area contributed by atoms with Crippen LogP contribution in [0, 0.1) is 0 Å². The Balaban J connectivity index is 1.63. The molecule has 1 aromatic heterocycles. The Morgan fingerprint density at radius 2 is 2.13 bits per heavy atom. The van der Waals surface area contributed by atoms with Crippen molar-refractivity contribution in [3.8, 4) is 0 Å². The van der Waals surface area contributed by atoms with Crippen molar-refractivity contribution in [1.82, 2.24) is 14.9 Å². The lowest BCUT2D eigenvalue weighted by atomic mass is 10.1. The number of hydrogen-bond donors (Lipinski definition) is 1. The van der Waals surface area contributed by atoms with E-state index in [2.05, 4.69) is 16.9 Å². The van der Waals surface area contributed by atoms with Gasteiger partial charge >= 0.3 is 0 Å². The van der Waals surface area contributed by atoms with Gasteiger partial charge in [-0.05, 0) is 30.3 Å². The molecule has 2 heterocycles. The molecule has 23 heavy (non-hydrogen) atoms. The van der Waals surface area contributed by atoms with Crippen LogP contribution in [-0.4, -0.2) is 34.5 Å². The maximum absolute atomic E-state index is 12.3. The Hall–Kier alpha value is -2.89. The summed E-state index contributed by atoms with van der Waals surface area (Å²) in [7, 11) is 1.67. The minimum Gasteiger partial charge on any atom is -0.347 e. The van der Waals surface area contributed by atoms with Gasteiger partial charge in [0, 0.05) is 43.2 Å². The molecule has 3 rings (SSSR count). The number of nitrogens with one attached hydrogen (secondary N) is 1. The Labute approximate surface area is 134 Å². The second-order valence-electron chi connectivity index (χ2n) is 5.56. The van der Waals surface area contributed by atoms with Gasteiger partial charge in [-0.2, -0.15) is 0 Å². The van der Waals surface area contributed by atoms with Gasteiger partial charge in [-0.25, -0.2) is 4.98 Å². The maximum Gasteiger partial charge on any atom is 0.251 e. The molecule has 0 saturated carbocycles. The predicted octanol–water partition coefficient (Wildman–Crippen LogP) is 1.39. The number of rotatable bonds is 4. The van der Waals surface area contributed by atoms with E-state index in [9.17, 15) is 9.59 Å². The number of likely N-dealkylation sites (N-methyl/N-ethyl adjacent to an activating group) is 1. The van der Waals surface area contributed by atoms with Crippen molar-refractivity contribution in [1.29, 1.82) is 0 Å². The standard InChI is InChI=1S/C17H18N4O2/c1-3-16(22)20(2)14-6-4-12(5-7-14)17(23)19-13-8-15-9-18-11-21(15)10-13/h3-7,9,11,13H,1,8,10H2,2H3,(H,19,23). The molecule has 1 unspecified atom stereocenters. The van der Waals surface area contributed by atoms with Crippen LogP contribution in [0.5, 0.6) is 0 Å². The quantitative estimate of drug-likeness (QED) is 0.868. The van der Waals surface area contributed by atoms with Crippen LogP contribution in [0.3, 0.4) is 0 Å². The highest BCUT2D eigenvalue weighted by atomic mass is 16.2. The molecule has 118 valence electrons. The third kappa shape index (κ3) is 3.01. The summed E-state index contributed by atoms with van der Waals surface area (Å²) < 4.78 is 2.05. The fourth-order valence-corrected chi connectivity index (χ4v) is 2.70. The lowest BCUT2D eigenvalue weighted by molar-refractivity contribution is -0.113. The predicted molar refractivity (Wildman–Crippen MR) is 87.2 cm³/mol. The molecule has 0 fully saturated rings. The lowest BCUT2D eigenvalue weighted by Crippen LogP contribution is -2.35. The van der Waals surface area contributed by atoms with Crippen LogP contribution in [0.4, 0.5) is 5.69 Å². The van der Waals surface area contributed by atoms with Crippen LogP contribution in [-0.2, 0) is 17.8 Å². The second kappa shape index (κ2) is 6.08. The zero-order chi connectivity index (χ0) is 16.4. The topological polar surface area (TPSA) is 67.2 Å². The zero-order valence-corrected chi connectivity index (χ0v) is 12.9. The van der Waals surface area contributed by atoms with Crippen molar-refractivity contribution in [2.24, 2.45) is 0 Å². The number of hydrogen-bond acceptors (Lipinski definition) is 3. The molecule has 0 radical (unpaired) electrons. The number of anilines is 1. The summed E-state index contributed by atoms with van der Waals surface area (Å²) in [5.74, 6) is -0.304. The van der Waals surface area contributed by atoms with E-state index in [1.807, 2.05) is 10.8 Å². The molecule has 1 aliphatic rings. The number of benzene rings is 1. The van der Waals surface area contributed by atoms with E-state index in [1.165, 1.54) is 11.0 Å². The first-order valence-electron chi connectivity index (χ1n) is 7.38. The number of imidazole rings is 1. The summed E-state index contributed by atoms with van der Waals surface area (Å²) in [6, 6.07) is 7.02. The van der Waals surface area contributed by atoms with E-state index < -0.39 is 0 Å². The van der Waals surface area contributed by atoms with Crippen LogP contribution in [0.2, 0.25) is 0 Å². The van der Waals surface area contributed by atoms with Gasteiger partial charge in [-0.3, -0.25) is 9.59 Å². The van der Waals surface area contributed by atoms with E-state index >= 15 is 0 Å². The fraction of sp³-hybridized carbons (Fsp3) is 0.235. The van der Waals surface area contributed by atoms with Crippen LogP contribution in [0.15, 0.2) is 49.4 Å². The van der Waals surface area contributed by atoms with Gasteiger partial charge in [-0.1, -0.05) is 6.58 Å². The average molecular weight is 310 g/mol. The van der Waals surface area contributed by atoms with Crippen molar-refractivity contribution in [3.63, 3.8) is 0 Å². The Morgan fingerprint density at radius 3 is 2.78 bits per heavy atom. The van der Waals surface area contributed by atoms with Gasteiger partial charge in [0.15, 0.2) is 0 Å². The average Bonchev–Trinajstić information content (AvgIpc) is 3.14. The van der Waals surface area contributed by atoms with Crippen LogP contribution >= 0.6 is 0 Å². The van der Waals surface area contributed by atoms with E-state index in [0.717, 1.165) is 18.7 Å². The first-order chi connectivity index (χ1) is 11.1. The molecule has 1 aromatic carbocycles. The summed E-state index contributed by atoms with van der Waals surface area (Å²) >= 11 is 0. The molecule has 2 amide bonds. The molecule has 6 heteroatoms. The molecule has 0 aliphatic carbocycles. The smallest absolute Gasteiger partial charge is 0.251 e. The molecule has 1 atom stereocenters. The monoisotopic (exact) mass is 310 g/mol. The van der Waals surface area contributed by atoms with E-state index in [4.69, 9.17) is 0 Å². The van der Waals surface area contributed by atoms with Gasteiger partial charge in [0.1, 0.15) is 0 Å². The molecule has 0 saturated heterocycles. The number of aromatic nitrogens is 2. The summed E-state index contributed by atoms with van der Waals surface area (Å²) in [5.41, 5.74) is 2.42. The van der Waals surface area contributed by atoms with Crippen LogP contribution < -0.4 is 10.2 Å². The van der Waals surface area contributed by atoms with E-state index in [-0.39, 0.29) is 17.9 Å². The highest BCUT2D eigenvalue weighted by Crippen LogP contribution is 2.16. The molecule has 6 nitrogen and oxygen atoms in total. The third-order valence-electron chi connectivity index (χ3n) is 4.03. The number of fused-ring (bicyclic) bond motifs is 1. The van der Waals surface area contributed by atoms with Gasteiger partial charge in [-0.15, -0.1) is 0 Å². The highest BCUT2D eigenvalue weighted by molar-refractivity contribution is 6.01. The summed E-state index contributed by atoms with van der Waals surface area (Å²) in [5, 5.41) is 3.03. The van der Waals surface area contributed by atoms with Gasteiger partial charge in [0.05, 0.1) is 12.4 Å². The van der Waals surface area contributed by atoms with Crippen LogP contribution in [0.1, 0.15) is 16.1 Å². The SMILES string of the molecule is C=CC(=O)N(C)c1ccc(C(=O)NC2Cc3cncn3C2)cc1. The Morgan fingerprint density at radius 1 is 1.39 bits per heavy atom. The molecule has 0 bridgehead atoms. The minimum atomic E-state index is -0.191. The minimum absolute atomic E-state index is 0.0881. The lowest BCUT2D eigenvalue weighted by Gasteiger charge is -2.16. The first kappa shape index (κ1) is 15.0. The Kier molecular flexibility index (Phi) is 3.97. The number of nitrogens with zero attached hydrogens (tertiary/aromatic N) is 3. The van der Waals surface area contributed by atoms with E-state index in [0.29, 0.717) is 11.3 Å². The van der Waals surface area contributed by atoms with Crippen LogP contribution in [0.25, 0.3) is 0 Å². The van der Waals surface area contributed by atoms with Gasteiger partial charge in [0.2, 0.25) is 5.91 Å². The molecular weight excluding hydrogens is 292 g/mol. The molecule has 1 N–H and O–H groups in total. The normalized spacial score (nSPS) is 15.8. The van der Waals surface area contributed by atoms with E-state index in [1.54, 1.807) is 37.6 Å². The van der Waals surface area contributed by atoms with Crippen molar-refractivity contribution in [2.45, 2.75) is 19.0 Å². The number of amides is 2. The number of carbonyl (C=O) groups excluding carboxylic acids is 2. The summed E-state index contributed by atoms with van der Waals surface area (Å²) in [6.07, 6.45) is 5.65. The van der Waals surface area contributed by atoms with Gasteiger partial charge in [0.25, 0.3) is 5.91 Å². The summed E-state index contributed by atoms with van der Waals surface area (Å²) in [6.45, 7) is 4.21. The van der Waals surface area contributed by atoms with Crippen molar-refractivity contribution < 1.29 is 9.59 Å². The Bertz CT molecular complexity index is 728. The van der Waals surface area contributed by atoms with Crippen molar-refractivity contribution in [3.05, 3.63) is 60.7 Å². The molecular formula is C17H18N4O2. The largest absolute Gasteiger partial charge is 0.347 e. The second-order valence-corrected chi connectivity index (χ2v) is 5.56. The summed E-state index contributed by atoms with van der Waals surface area (Å²) in [4.78, 5) is 29.4. The van der Waals surface area contributed by atoms with Crippen molar-refractivity contribution in [2.75, 3.05) is 11.9 Å².